The van der Waals surface area contributed by atoms with Crippen molar-refractivity contribution < 1.29 is 9.90 Å². The van der Waals surface area contributed by atoms with Gasteiger partial charge in [-0.05, 0) is 44.7 Å². The van der Waals surface area contributed by atoms with Gasteiger partial charge in [-0.3, -0.25) is 4.79 Å². The molecule has 1 unspecified atom stereocenters. The van der Waals surface area contributed by atoms with Gasteiger partial charge in [0.2, 0.25) is 0 Å². The van der Waals surface area contributed by atoms with Crippen molar-refractivity contribution in [2.45, 2.75) is 44.2 Å². The minimum absolute atomic E-state index is 0.0362. The summed E-state index contributed by atoms with van der Waals surface area (Å²) in [4.78, 5) is 12.0. The summed E-state index contributed by atoms with van der Waals surface area (Å²) in [5.41, 5.74) is 0.505. The summed E-state index contributed by atoms with van der Waals surface area (Å²) in [6.45, 7) is 1.77. The predicted molar refractivity (Wildman–Crippen MR) is 66.8 cm³/mol. The van der Waals surface area contributed by atoms with Gasteiger partial charge >= 0.3 is 0 Å². The molecule has 0 heterocycles. The Balaban J connectivity index is 2.02. The maximum absolute atomic E-state index is 12.0. The van der Waals surface area contributed by atoms with Gasteiger partial charge in [-0.15, -0.1) is 0 Å². The SMILES string of the molecule is CC(O)CC1(NC(=O)c2ccccc2)CCC1. The number of aliphatic hydroxyl groups excluding tert-OH is 1. The number of amides is 1. The van der Waals surface area contributed by atoms with Crippen LogP contribution in [0.4, 0.5) is 0 Å². The van der Waals surface area contributed by atoms with Crippen LogP contribution in [0.1, 0.15) is 43.0 Å². The molecule has 0 radical (unpaired) electrons. The highest BCUT2D eigenvalue weighted by Crippen LogP contribution is 2.36. The molecule has 1 atom stereocenters. The molecule has 2 rings (SSSR count). The molecular weight excluding hydrogens is 214 g/mol. The zero-order valence-electron chi connectivity index (χ0n) is 10.1. The minimum Gasteiger partial charge on any atom is -0.393 e. The number of hydrogen-bond acceptors (Lipinski definition) is 2. The van der Waals surface area contributed by atoms with Gasteiger partial charge in [-0.2, -0.15) is 0 Å². The smallest absolute Gasteiger partial charge is 0.251 e. The van der Waals surface area contributed by atoms with Crippen LogP contribution in [0.3, 0.4) is 0 Å². The quantitative estimate of drug-likeness (QED) is 0.836. The van der Waals surface area contributed by atoms with Crippen LogP contribution in [0.5, 0.6) is 0 Å². The summed E-state index contributed by atoms with van der Waals surface area (Å²) in [7, 11) is 0. The van der Waals surface area contributed by atoms with Crippen LogP contribution in [0.2, 0.25) is 0 Å². The first kappa shape index (κ1) is 12.1. The van der Waals surface area contributed by atoms with E-state index in [1.54, 1.807) is 6.92 Å². The second-order valence-corrected chi connectivity index (χ2v) is 5.01. The van der Waals surface area contributed by atoms with Crippen LogP contribution >= 0.6 is 0 Å². The molecule has 1 aromatic rings. The van der Waals surface area contributed by atoms with Crippen molar-refractivity contribution >= 4 is 5.91 Å². The highest BCUT2D eigenvalue weighted by Gasteiger charge is 2.39. The number of nitrogens with one attached hydrogen (secondary N) is 1. The van der Waals surface area contributed by atoms with Crippen molar-refractivity contribution in [1.82, 2.24) is 5.32 Å². The maximum atomic E-state index is 12.0. The molecule has 1 saturated carbocycles. The van der Waals surface area contributed by atoms with Gasteiger partial charge in [-0.25, -0.2) is 0 Å². The molecule has 1 aromatic carbocycles. The largest absolute Gasteiger partial charge is 0.393 e. The summed E-state index contributed by atoms with van der Waals surface area (Å²) in [6, 6.07) is 9.23. The van der Waals surface area contributed by atoms with Gasteiger partial charge in [-0.1, -0.05) is 18.2 Å². The Kier molecular flexibility index (Phi) is 3.48. The highest BCUT2D eigenvalue weighted by molar-refractivity contribution is 5.94. The summed E-state index contributed by atoms with van der Waals surface area (Å²) < 4.78 is 0. The van der Waals surface area contributed by atoms with Gasteiger partial charge in [0.1, 0.15) is 0 Å². The van der Waals surface area contributed by atoms with E-state index in [2.05, 4.69) is 5.32 Å². The van der Waals surface area contributed by atoms with Crippen molar-refractivity contribution in [3.8, 4) is 0 Å². The van der Waals surface area contributed by atoms with E-state index in [0.29, 0.717) is 12.0 Å². The fourth-order valence-corrected chi connectivity index (χ4v) is 2.45. The van der Waals surface area contributed by atoms with Crippen molar-refractivity contribution in [2.24, 2.45) is 0 Å². The lowest BCUT2D eigenvalue weighted by molar-refractivity contribution is 0.0652. The van der Waals surface area contributed by atoms with Crippen molar-refractivity contribution in [2.75, 3.05) is 0 Å². The molecule has 1 aliphatic carbocycles. The maximum Gasteiger partial charge on any atom is 0.251 e. The number of carbonyl (C=O) groups excluding carboxylic acids is 1. The molecule has 92 valence electrons. The molecular formula is C14H19NO2. The van der Waals surface area contributed by atoms with Crippen molar-refractivity contribution in [3.05, 3.63) is 35.9 Å². The van der Waals surface area contributed by atoms with Gasteiger partial charge in [0.05, 0.1) is 6.10 Å². The number of carbonyl (C=O) groups is 1. The molecule has 0 aromatic heterocycles. The zero-order chi connectivity index (χ0) is 12.3. The summed E-state index contributed by atoms with van der Waals surface area (Å²) in [5.74, 6) is -0.0362. The van der Waals surface area contributed by atoms with E-state index in [1.807, 2.05) is 30.3 Å². The lowest BCUT2D eigenvalue weighted by Gasteiger charge is -2.43. The standard InChI is InChI=1S/C14H19NO2/c1-11(16)10-14(8-5-9-14)15-13(17)12-6-3-2-4-7-12/h2-4,6-7,11,16H,5,8-10H2,1H3,(H,15,17). The fraction of sp³-hybridized carbons (Fsp3) is 0.500. The zero-order valence-corrected chi connectivity index (χ0v) is 10.1. The van der Waals surface area contributed by atoms with Gasteiger partial charge < -0.3 is 10.4 Å². The second-order valence-electron chi connectivity index (χ2n) is 5.01. The first-order chi connectivity index (χ1) is 8.11. The summed E-state index contributed by atoms with van der Waals surface area (Å²) in [6.07, 6.45) is 3.34. The van der Waals surface area contributed by atoms with Gasteiger partial charge in [0, 0.05) is 11.1 Å². The molecule has 17 heavy (non-hydrogen) atoms. The van der Waals surface area contributed by atoms with E-state index in [4.69, 9.17) is 0 Å². The first-order valence-corrected chi connectivity index (χ1v) is 6.17. The van der Waals surface area contributed by atoms with E-state index in [0.717, 1.165) is 19.3 Å². The first-order valence-electron chi connectivity index (χ1n) is 6.17. The Labute approximate surface area is 102 Å². The van der Waals surface area contributed by atoms with E-state index >= 15 is 0 Å². The molecule has 0 spiro atoms. The van der Waals surface area contributed by atoms with Crippen molar-refractivity contribution in [3.63, 3.8) is 0 Å². The molecule has 1 amide bonds. The summed E-state index contributed by atoms with van der Waals surface area (Å²) in [5, 5.41) is 12.6. The Morgan fingerprint density at radius 1 is 1.41 bits per heavy atom. The third kappa shape index (κ3) is 2.86. The normalized spacial score (nSPS) is 19.2. The lowest BCUT2D eigenvalue weighted by Crippen LogP contribution is -2.54. The Hall–Kier alpha value is -1.35. The average Bonchev–Trinajstić information content (AvgIpc) is 2.26. The van der Waals surface area contributed by atoms with Crippen LogP contribution in [0.25, 0.3) is 0 Å². The molecule has 2 N–H and O–H groups in total. The van der Waals surface area contributed by atoms with Crippen LogP contribution in [-0.4, -0.2) is 22.7 Å². The Bertz CT molecular complexity index is 382. The van der Waals surface area contributed by atoms with E-state index in [9.17, 15) is 9.90 Å². The van der Waals surface area contributed by atoms with Crippen LogP contribution < -0.4 is 5.32 Å². The molecule has 1 fully saturated rings. The third-order valence-corrected chi connectivity index (χ3v) is 3.41. The monoisotopic (exact) mass is 233 g/mol. The fourth-order valence-electron chi connectivity index (χ4n) is 2.45. The number of benzene rings is 1. The molecule has 0 saturated heterocycles. The topological polar surface area (TPSA) is 49.3 Å². The van der Waals surface area contributed by atoms with Crippen LogP contribution in [0, 0.1) is 0 Å². The molecule has 0 aliphatic heterocycles. The average molecular weight is 233 g/mol. The Morgan fingerprint density at radius 2 is 2.06 bits per heavy atom. The summed E-state index contributed by atoms with van der Waals surface area (Å²) >= 11 is 0. The molecule has 1 aliphatic rings. The van der Waals surface area contributed by atoms with E-state index in [1.165, 1.54) is 0 Å². The second kappa shape index (κ2) is 4.88. The van der Waals surface area contributed by atoms with Crippen molar-refractivity contribution in [1.29, 1.82) is 0 Å². The molecule has 0 bridgehead atoms. The van der Waals surface area contributed by atoms with Crippen LogP contribution in [0.15, 0.2) is 30.3 Å². The highest BCUT2D eigenvalue weighted by atomic mass is 16.3. The molecule has 3 nitrogen and oxygen atoms in total. The number of aliphatic hydroxyl groups is 1. The minimum atomic E-state index is -0.369. The molecule has 3 heteroatoms. The van der Waals surface area contributed by atoms with Gasteiger partial charge in [0.25, 0.3) is 5.91 Å². The Morgan fingerprint density at radius 3 is 2.53 bits per heavy atom. The number of rotatable bonds is 4. The van der Waals surface area contributed by atoms with E-state index in [-0.39, 0.29) is 17.6 Å². The van der Waals surface area contributed by atoms with Gasteiger partial charge in [0.15, 0.2) is 0 Å². The predicted octanol–water partition coefficient (Wildman–Crippen LogP) is 2.11. The third-order valence-electron chi connectivity index (χ3n) is 3.41. The van der Waals surface area contributed by atoms with Crippen LogP contribution in [-0.2, 0) is 0 Å². The van der Waals surface area contributed by atoms with E-state index < -0.39 is 0 Å². The lowest BCUT2D eigenvalue weighted by atomic mass is 9.73. The number of hydrogen-bond donors (Lipinski definition) is 2.